The Morgan fingerprint density at radius 2 is 1.94 bits per heavy atom. The number of benzene rings is 1. The van der Waals surface area contributed by atoms with Gasteiger partial charge in [0.05, 0.1) is 6.61 Å². The third-order valence-electron chi connectivity index (χ3n) is 3.18. The molecular weight excluding hydrogens is 246 g/mol. The highest BCUT2D eigenvalue weighted by Crippen LogP contribution is 2.34. The summed E-state index contributed by atoms with van der Waals surface area (Å²) in [5.74, 6) is 1.37. The highest BCUT2D eigenvalue weighted by atomic mass is 35.5. The third-order valence-corrected chi connectivity index (χ3v) is 3.58. The SMILES string of the molecule is CCOc1cc(C)c(Cl)cc1C(C)CCC(C)N. The fourth-order valence-corrected chi connectivity index (χ4v) is 2.18. The molecule has 0 saturated carbocycles. The van der Waals surface area contributed by atoms with Crippen molar-refractivity contribution in [1.29, 1.82) is 0 Å². The van der Waals surface area contributed by atoms with Gasteiger partial charge in [-0.3, -0.25) is 0 Å². The Hall–Kier alpha value is -0.730. The van der Waals surface area contributed by atoms with Crippen molar-refractivity contribution in [3.63, 3.8) is 0 Å². The minimum Gasteiger partial charge on any atom is -0.494 e. The minimum atomic E-state index is 0.240. The predicted molar refractivity (Wildman–Crippen MR) is 78.7 cm³/mol. The van der Waals surface area contributed by atoms with E-state index < -0.39 is 0 Å². The third kappa shape index (κ3) is 4.18. The average molecular weight is 270 g/mol. The second-order valence-corrected chi connectivity index (χ2v) is 5.44. The summed E-state index contributed by atoms with van der Waals surface area (Å²) in [6.45, 7) is 8.92. The van der Waals surface area contributed by atoms with E-state index in [1.165, 1.54) is 5.56 Å². The van der Waals surface area contributed by atoms with Crippen LogP contribution in [0, 0.1) is 6.92 Å². The minimum absolute atomic E-state index is 0.240. The van der Waals surface area contributed by atoms with Crippen molar-refractivity contribution in [3.8, 4) is 5.75 Å². The Labute approximate surface area is 115 Å². The van der Waals surface area contributed by atoms with Crippen molar-refractivity contribution < 1.29 is 4.74 Å². The molecule has 3 heteroatoms. The van der Waals surface area contributed by atoms with Gasteiger partial charge in [0, 0.05) is 11.1 Å². The summed E-state index contributed by atoms with van der Waals surface area (Å²) in [5, 5.41) is 0.807. The van der Waals surface area contributed by atoms with E-state index >= 15 is 0 Å². The molecule has 0 bridgehead atoms. The van der Waals surface area contributed by atoms with Crippen LogP contribution in [0.3, 0.4) is 0 Å². The molecule has 2 N–H and O–H groups in total. The van der Waals surface area contributed by atoms with Gasteiger partial charge in [-0.25, -0.2) is 0 Å². The fraction of sp³-hybridized carbons (Fsp3) is 0.600. The molecular formula is C15H24ClNO. The molecule has 2 unspecified atom stereocenters. The highest BCUT2D eigenvalue weighted by molar-refractivity contribution is 6.31. The maximum atomic E-state index is 6.21. The van der Waals surface area contributed by atoms with Crippen LogP contribution in [0.4, 0.5) is 0 Å². The molecule has 1 aromatic carbocycles. The quantitative estimate of drug-likeness (QED) is 0.837. The lowest BCUT2D eigenvalue weighted by Crippen LogP contribution is -2.15. The van der Waals surface area contributed by atoms with E-state index in [0.29, 0.717) is 12.5 Å². The van der Waals surface area contributed by atoms with Gasteiger partial charge in [-0.2, -0.15) is 0 Å². The Balaban J connectivity index is 2.93. The summed E-state index contributed by atoms with van der Waals surface area (Å²) in [4.78, 5) is 0. The van der Waals surface area contributed by atoms with Gasteiger partial charge in [0.15, 0.2) is 0 Å². The molecule has 0 aromatic heterocycles. The van der Waals surface area contributed by atoms with E-state index in [9.17, 15) is 0 Å². The van der Waals surface area contributed by atoms with E-state index in [-0.39, 0.29) is 6.04 Å². The first-order valence-corrected chi connectivity index (χ1v) is 7.01. The summed E-state index contributed by atoms with van der Waals surface area (Å²) in [7, 11) is 0. The van der Waals surface area contributed by atoms with Gasteiger partial charge >= 0.3 is 0 Å². The Bertz CT molecular complexity index is 390. The largest absolute Gasteiger partial charge is 0.494 e. The molecule has 0 radical (unpaired) electrons. The number of hydrogen-bond acceptors (Lipinski definition) is 2. The maximum Gasteiger partial charge on any atom is 0.123 e. The molecule has 0 heterocycles. The molecule has 2 nitrogen and oxygen atoms in total. The van der Waals surface area contributed by atoms with E-state index in [0.717, 1.165) is 29.2 Å². The molecule has 0 saturated heterocycles. The van der Waals surface area contributed by atoms with E-state index in [4.69, 9.17) is 22.1 Å². The van der Waals surface area contributed by atoms with Crippen molar-refractivity contribution in [2.75, 3.05) is 6.61 Å². The fourth-order valence-electron chi connectivity index (χ4n) is 2.00. The first-order valence-electron chi connectivity index (χ1n) is 6.64. The lowest BCUT2D eigenvalue weighted by molar-refractivity contribution is 0.333. The second kappa shape index (κ2) is 7.01. The zero-order valence-corrected chi connectivity index (χ0v) is 12.6. The van der Waals surface area contributed by atoms with Crippen LogP contribution in [-0.4, -0.2) is 12.6 Å². The second-order valence-electron chi connectivity index (χ2n) is 5.03. The summed E-state index contributed by atoms with van der Waals surface area (Å²) in [6.07, 6.45) is 2.06. The van der Waals surface area contributed by atoms with Crippen LogP contribution in [0.25, 0.3) is 0 Å². The molecule has 1 rings (SSSR count). The van der Waals surface area contributed by atoms with Gasteiger partial charge in [-0.1, -0.05) is 18.5 Å². The van der Waals surface area contributed by atoms with Crippen LogP contribution in [0.1, 0.15) is 50.7 Å². The lowest BCUT2D eigenvalue weighted by Gasteiger charge is -2.19. The highest BCUT2D eigenvalue weighted by Gasteiger charge is 2.14. The first kappa shape index (κ1) is 15.3. The molecule has 0 spiro atoms. The van der Waals surface area contributed by atoms with Gasteiger partial charge in [0.25, 0.3) is 0 Å². The summed E-state index contributed by atoms with van der Waals surface area (Å²) >= 11 is 6.21. The normalized spacial score (nSPS) is 14.3. The maximum absolute atomic E-state index is 6.21. The van der Waals surface area contributed by atoms with Gasteiger partial charge < -0.3 is 10.5 Å². The molecule has 1 aromatic rings. The first-order chi connectivity index (χ1) is 8.45. The Morgan fingerprint density at radius 3 is 2.50 bits per heavy atom. The zero-order valence-electron chi connectivity index (χ0n) is 11.8. The van der Waals surface area contributed by atoms with Gasteiger partial charge in [0.2, 0.25) is 0 Å². The van der Waals surface area contributed by atoms with E-state index in [2.05, 4.69) is 6.92 Å². The van der Waals surface area contributed by atoms with Crippen LogP contribution in [0.15, 0.2) is 12.1 Å². The van der Waals surface area contributed by atoms with Gasteiger partial charge in [0.1, 0.15) is 5.75 Å². The standard InChI is InChI=1S/C15H24ClNO/c1-5-18-15-8-11(3)14(16)9-13(15)10(2)6-7-12(4)17/h8-10,12H,5-7,17H2,1-4H3. The van der Waals surface area contributed by atoms with Crippen molar-refractivity contribution in [1.82, 2.24) is 0 Å². The molecule has 102 valence electrons. The van der Waals surface area contributed by atoms with Crippen molar-refractivity contribution >= 4 is 11.6 Å². The number of nitrogens with two attached hydrogens (primary N) is 1. The number of aryl methyl sites for hydroxylation is 1. The number of halogens is 1. The smallest absolute Gasteiger partial charge is 0.123 e. The van der Waals surface area contributed by atoms with Crippen molar-refractivity contribution in [2.45, 2.75) is 52.5 Å². The number of ether oxygens (including phenoxy) is 1. The van der Waals surface area contributed by atoms with Crippen molar-refractivity contribution in [2.24, 2.45) is 5.73 Å². The molecule has 0 amide bonds. The summed E-state index contributed by atoms with van der Waals surface area (Å²) < 4.78 is 5.71. The number of rotatable bonds is 6. The van der Waals surface area contributed by atoms with Crippen LogP contribution in [0.5, 0.6) is 5.75 Å². The predicted octanol–water partition coefficient (Wildman–Crippen LogP) is 4.28. The van der Waals surface area contributed by atoms with Crippen LogP contribution >= 0.6 is 11.6 Å². The molecule has 0 aliphatic carbocycles. The summed E-state index contributed by atoms with van der Waals surface area (Å²) in [5.41, 5.74) is 8.06. The van der Waals surface area contributed by atoms with Crippen LogP contribution in [-0.2, 0) is 0 Å². The van der Waals surface area contributed by atoms with E-state index in [1.807, 2.05) is 32.9 Å². The van der Waals surface area contributed by atoms with Crippen molar-refractivity contribution in [3.05, 3.63) is 28.3 Å². The average Bonchev–Trinajstić information content (AvgIpc) is 2.30. The van der Waals surface area contributed by atoms with Gasteiger partial charge in [-0.05, 0) is 62.8 Å². The Kier molecular flexibility index (Phi) is 5.97. The zero-order chi connectivity index (χ0) is 13.7. The monoisotopic (exact) mass is 269 g/mol. The molecule has 18 heavy (non-hydrogen) atoms. The van der Waals surface area contributed by atoms with Gasteiger partial charge in [-0.15, -0.1) is 0 Å². The molecule has 0 fully saturated rings. The van der Waals surface area contributed by atoms with Crippen LogP contribution in [0.2, 0.25) is 5.02 Å². The van der Waals surface area contributed by atoms with Crippen LogP contribution < -0.4 is 10.5 Å². The number of hydrogen-bond donors (Lipinski definition) is 1. The molecule has 0 aliphatic heterocycles. The topological polar surface area (TPSA) is 35.2 Å². The van der Waals surface area contributed by atoms with E-state index in [1.54, 1.807) is 0 Å². The molecule has 2 atom stereocenters. The Morgan fingerprint density at radius 1 is 1.28 bits per heavy atom. The lowest BCUT2D eigenvalue weighted by atomic mass is 9.93. The summed E-state index contributed by atoms with van der Waals surface area (Å²) in [6, 6.07) is 4.31. The molecule has 0 aliphatic rings.